The van der Waals surface area contributed by atoms with E-state index >= 15 is 0 Å². The van der Waals surface area contributed by atoms with Crippen molar-refractivity contribution in [2.75, 3.05) is 0 Å². The first kappa shape index (κ1) is 10.6. The SMILES string of the molecule is CCC(=O)OCc1cccc(F)c1F. The summed E-state index contributed by atoms with van der Waals surface area (Å²) >= 11 is 0. The molecule has 0 amide bonds. The fourth-order valence-corrected chi connectivity index (χ4v) is 0.920. The predicted molar refractivity (Wildman–Crippen MR) is 46.4 cm³/mol. The zero-order valence-corrected chi connectivity index (χ0v) is 7.72. The van der Waals surface area contributed by atoms with Crippen LogP contribution in [0.5, 0.6) is 0 Å². The van der Waals surface area contributed by atoms with Gasteiger partial charge in [-0.05, 0) is 6.07 Å². The quantitative estimate of drug-likeness (QED) is 0.700. The Bertz CT molecular complexity index is 337. The summed E-state index contributed by atoms with van der Waals surface area (Å²) in [7, 11) is 0. The van der Waals surface area contributed by atoms with Crippen LogP contribution in [0.1, 0.15) is 18.9 Å². The summed E-state index contributed by atoms with van der Waals surface area (Å²) in [6.07, 6.45) is 0.219. The average molecular weight is 200 g/mol. The molecule has 0 aromatic heterocycles. The second-order valence-corrected chi connectivity index (χ2v) is 2.73. The molecule has 0 aliphatic heterocycles. The Morgan fingerprint density at radius 1 is 1.43 bits per heavy atom. The van der Waals surface area contributed by atoms with Crippen molar-refractivity contribution in [2.24, 2.45) is 0 Å². The minimum Gasteiger partial charge on any atom is -0.461 e. The molecule has 1 aromatic carbocycles. The number of rotatable bonds is 3. The summed E-state index contributed by atoms with van der Waals surface area (Å²) in [5, 5.41) is 0. The van der Waals surface area contributed by atoms with Crippen LogP contribution >= 0.6 is 0 Å². The largest absolute Gasteiger partial charge is 0.461 e. The zero-order valence-electron chi connectivity index (χ0n) is 7.72. The lowest BCUT2D eigenvalue weighted by atomic mass is 10.2. The monoisotopic (exact) mass is 200 g/mol. The highest BCUT2D eigenvalue weighted by molar-refractivity contribution is 5.68. The third-order valence-electron chi connectivity index (χ3n) is 1.71. The van der Waals surface area contributed by atoms with Gasteiger partial charge in [-0.15, -0.1) is 0 Å². The van der Waals surface area contributed by atoms with Gasteiger partial charge in [-0.2, -0.15) is 0 Å². The van der Waals surface area contributed by atoms with Crippen LogP contribution in [0.15, 0.2) is 18.2 Å². The van der Waals surface area contributed by atoms with Gasteiger partial charge in [0.1, 0.15) is 6.61 Å². The van der Waals surface area contributed by atoms with E-state index < -0.39 is 17.6 Å². The van der Waals surface area contributed by atoms with Crippen LogP contribution in [0.2, 0.25) is 0 Å². The molecular formula is C10H10F2O2. The highest BCUT2D eigenvalue weighted by Crippen LogP contribution is 2.12. The number of hydrogen-bond acceptors (Lipinski definition) is 2. The predicted octanol–water partition coefficient (Wildman–Crippen LogP) is 2.42. The Kier molecular flexibility index (Phi) is 3.56. The standard InChI is InChI=1S/C10H10F2O2/c1-2-9(13)14-6-7-4-3-5-8(11)10(7)12/h3-5H,2,6H2,1H3. The Balaban J connectivity index is 2.68. The molecule has 0 atom stereocenters. The maximum absolute atomic E-state index is 13.0. The van der Waals surface area contributed by atoms with Gasteiger partial charge in [0, 0.05) is 12.0 Å². The highest BCUT2D eigenvalue weighted by atomic mass is 19.2. The molecule has 0 spiro atoms. The van der Waals surface area contributed by atoms with Crippen molar-refractivity contribution < 1.29 is 18.3 Å². The van der Waals surface area contributed by atoms with Gasteiger partial charge >= 0.3 is 5.97 Å². The molecular weight excluding hydrogens is 190 g/mol. The topological polar surface area (TPSA) is 26.3 Å². The molecule has 0 radical (unpaired) electrons. The fourth-order valence-electron chi connectivity index (χ4n) is 0.920. The van der Waals surface area contributed by atoms with E-state index in [0.717, 1.165) is 6.07 Å². The van der Waals surface area contributed by atoms with E-state index in [1.165, 1.54) is 12.1 Å². The second-order valence-electron chi connectivity index (χ2n) is 2.73. The zero-order chi connectivity index (χ0) is 10.6. The number of esters is 1. The molecule has 14 heavy (non-hydrogen) atoms. The lowest BCUT2D eigenvalue weighted by Gasteiger charge is -2.04. The van der Waals surface area contributed by atoms with Gasteiger partial charge in [-0.25, -0.2) is 8.78 Å². The average Bonchev–Trinajstić information content (AvgIpc) is 2.20. The third-order valence-corrected chi connectivity index (χ3v) is 1.71. The normalized spacial score (nSPS) is 9.93. The summed E-state index contributed by atoms with van der Waals surface area (Å²) in [4.78, 5) is 10.7. The third kappa shape index (κ3) is 2.52. The first-order valence-electron chi connectivity index (χ1n) is 4.23. The minimum absolute atomic E-state index is 0.0480. The molecule has 0 aliphatic rings. The van der Waals surface area contributed by atoms with E-state index in [1.807, 2.05) is 0 Å². The minimum atomic E-state index is -0.962. The van der Waals surface area contributed by atoms with Crippen molar-refractivity contribution in [3.63, 3.8) is 0 Å². The fraction of sp³-hybridized carbons (Fsp3) is 0.300. The molecule has 0 saturated carbocycles. The molecule has 4 heteroatoms. The number of benzene rings is 1. The molecule has 76 valence electrons. The highest BCUT2D eigenvalue weighted by Gasteiger charge is 2.08. The van der Waals surface area contributed by atoms with E-state index in [9.17, 15) is 13.6 Å². The van der Waals surface area contributed by atoms with E-state index in [1.54, 1.807) is 6.92 Å². The van der Waals surface area contributed by atoms with Crippen LogP contribution in [0, 0.1) is 11.6 Å². The summed E-state index contributed by atoms with van der Waals surface area (Å²) in [5.41, 5.74) is 0.0480. The van der Waals surface area contributed by atoms with Crippen molar-refractivity contribution in [1.29, 1.82) is 0 Å². The van der Waals surface area contributed by atoms with E-state index in [2.05, 4.69) is 4.74 Å². The first-order valence-corrected chi connectivity index (χ1v) is 4.23. The Hall–Kier alpha value is -1.45. The van der Waals surface area contributed by atoms with E-state index in [4.69, 9.17) is 0 Å². The summed E-state index contributed by atoms with van der Waals surface area (Å²) in [6.45, 7) is 1.40. The molecule has 0 fully saturated rings. The Morgan fingerprint density at radius 3 is 2.79 bits per heavy atom. The van der Waals surface area contributed by atoms with Gasteiger partial charge < -0.3 is 4.74 Å². The van der Waals surface area contributed by atoms with Crippen molar-refractivity contribution >= 4 is 5.97 Å². The van der Waals surface area contributed by atoms with Gasteiger partial charge in [0.15, 0.2) is 11.6 Å². The smallest absolute Gasteiger partial charge is 0.305 e. The second kappa shape index (κ2) is 4.69. The molecule has 2 nitrogen and oxygen atoms in total. The van der Waals surface area contributed by atoms with Crippen molar-refractivity contribution in [1.82, 2.24) is 0 Å². The molecule has 1 aromatic rings. The number of carbonyl (C=O) groups excluding carboxylic acids is 1. The molecule has 0 bridgehead atoms. The number of ether oxygens (including phenoxy) is 1. The number of carbonyl (C=O) groups is 1. The lowest BCUT2D eigenvalue weighted by Crippen LogP contribution is -2.04. The van der Waals surface area contributed by atoms with Gasteiger partial charge in [0.2, 0.25) is 0 Å². The first-order chi connectivity index (χ1) is 6.65. The van der Waals surface area contributed by atoms with Crippen molar-refractivity contribution in [3.05, 3.63) is 35.4 Å². The van der Waals surface area contributed by atoms with Crippen molar-refractivity contribution in [2.45, 2.75) is 20.0 Å². The van der Waals surface area contributed by atoms with E-state index in [-0.39, 0.29) is 18.6 Å². The van der Waals surface area contributed by atoms with Crippen LogP contribution in [-0.2, 0) is 16.1 Å². The Morgan fingerprint density at radius 2 is 2.14 bits per heavy atom. The summed E-state index contributed by atoms with van der Waals surface area (Å²) < 4.78 is 30.3. The lowest BCUT2D eigenvalue weighted by molar-refractivity contribution is -0.144. The maximum atomic E-state index is 13.0. The van der Waals surface area contributed by atoms with Gasteiger partial charge in [0.25, 0.3) is 0 Å². The van der Waals surface area contributed by atoms with Crippen molar-refractivity contribution in [3.8, 4) is 0 Å². The molecule has 0 aliphatic carbocycles. The molecule has 0 N–H and O–H groups in total. The van der Waals surface area contributed by atoms with Crippen LogP contribution < -0.4 is 0 Å². The van der Waals surface area contributed by atoms with Crippen LogP contribution in [0.3, 0.4) is 0 Å². The summed E-state index contributed by atoms with van der Waals surface area (Å²) in [5.74, 6) is -2.33. The number of halogens is 2. The van der Waals surface area contributed by atoms with Crippen LogP contribution in [0.25, 0.3) is 0 Å². The summed E-state index contributed by atoms with van der Waals surface area (Å²) in [6, 6.07) is 3.76. The maximum Gasteiger partial charge on any atom is 0.305 e. The Labute approximate surface area is 80.5 Å². The van der Waals surface area contributed by atoms with Gasteiger partial charge in [-0.1, -0.05) is 19.1 Å². The number of hydrogen-bond donors (Lipinski definition) is 0. The van der Waals surface area contributed by atoms with Gasteiger partial charge in [-0.3, -0.25) is 4.79 Å². The van der Waals surface area contributed by atoms with Crippen LogP contribution in [0.4, 0.5) is 8.78 Å². The van der Waals surface area contributed by atoms with E-state index in [0.29, 0.717) is 0 Å². The van der Waals surface area contributed by atoms with Crippen LogP contribution in [-0.4, -0.2) is 5.97 Å². The molecule has 0 saturated heterocycles. The molecule has 1 rings (SSSR count). The molecule has 0 unspecified atom stereocenters. The molecule has 0 heterocycles. The van der Waals surface area contributed by atoms with Gasteiger partial charge in [0.05, 0.1) is 0 Å².